The number of hydrogen-bond donors (Lipinski definition) is 2. The zero-order chi connectivity index (χ0) is 13.9. The number of amides is 1. The molecule has 0 aromatic heterocycles. The third-order valence-corrected chi connectivity index (χ3v) is 4.08. The molecule has 0 fully saturated rings. The van der Waals surface area contributed by atoms with Gasteiger partial charge in [-0.2, -0.15) is 0 Å². The Morgan fingerprint density at radius 1 is 1.39 bits per heavy atom. The molecule has 0 heterocycles. The second-order valence-corrected chi connectivity index (χ2v) is 6.21. The van der Waals surface area contributed by atoms with Crippen LogP contribution in [0.3, 0.4) is 0 Å². The van der Waals surface area contributed by atoms with E-state index < -0.39 is 16.6 Å². The van der Waals surface area contributed by atoms with E-state index in [0.29, 0.717) is 11.3 Å². The Bertz CT molecular complexity index is 483. The summed E-state index contributed by atoms with van der Waals surface area (Å²) >= 11 is 1.35. The van der Waals surface area contributed by atoms with Crippen molar-refractivity contribution in [2.24, 2.45) is 5.73 Å². The maximum Gasteiger partial charge on any atom is 0.319 e. The highest BCUT2D eigenvalue weighted by Gasteiger charge is 2.27. The molecule has 0 aliphatic rings. The number of carbonyl (C=O) groups excluding carboxylic acids is 1. The summed E-state index contributed by atoms with van der Waals surface area (Å²) < 4.78 is -0.825. The van der Waals surface area contributed by atoms with Crippen molar-refractivity contribution >= 4 is 23.6 Å². The molecule has 0 saturated heterocycles. The lowest BCUT2D eigenvalue weighted by molar-refractivity contribution is -0.138. The summed E-state index contributed by atoms with van der Waals surface area (Å²) in [6, 6.07) is 5.21. The van der Waals surface area contributed by atoms with Crippen LogP contribution in [0, 0.1) is 6.92 Å². The van der Waals surface area contributed by atoms with Gasteiger partial charge in [-0.3, -0.25) is 9.59 Å². The van der Waals surface area contributed by atoms with Crippen LogP contribution in [0.4, 0.5) is 0 Å². The van der Waals surface area contributed by atoms with Gasteiger partial charge in [0.25, 0.3) is 0 Å². The van der Waals surface area contributed by atoms with Crippen molar-refractivity contribution in [2.45, 2.75) is 31.3 Å². The first-order valence-electron chi connectivity index (χ1n) is 5.50. The van der Waals surface area contributed by atoms with Crippen LogP contribution < -0.4 is 5.73 Å². The van der Waals surface area contributed by atoms with Gasteiger partial charge in [-0.15, -0.1) is 11.8 Å². The number of aryl methyl sites for hydroxylation is 1. The van der Waals surface area contributed by atoms with E-state index in [1.807, 2.05) is 13.0 Å². The summed E-state index contributed by atoms with van der Waals surface area (Å²) in [6.45, 7) is 5.23. The first-order chi connectivity index (χ1) is 8.24. The standard InChI is InChI=1S/C13H17NO3S/c1-8-6-9(11(14)15)4-5-10(8)7-18-13(2,3)12(16)17/h4-6H,7H2,1-3H3,(H2,14,15)(H,16,17). The molecule has 0 atom stereocenters. The van der Waals surface area contributed by atoms with Gasteiger partial charge >= 0.3 is 5.97 Å². The molecule has 0 bridgehead atoms. The third-order valence-electron chi connectivity index (χ3n) is 2.73. The van der Waals surface area contributed by atoms with Gasteiger partial charge in [-0.05, 0) is 44.0 Å². The summed E-state index contributed by atoms with van der Waals surface area (Å²) in [5.74, 6) is -0.702. The Hall–Kier alpha value is -1.49. The maximum absolute atomic E-state index is 11.0. The molecule has 5 heteroatoms. The number of nitrogens with two attached hydrogens (primary N) is 1. The first-order valence-corrected chi connectivity index (χ1v) is 6.49. The molecule has 98 valence electrons. The first kappa shape index (κ1) is 14.6. The minimum absolute atomic E-state index is 0.455. The molecule has 1 amide bonds. The van der Waals surface area contributed by atoms with Crippen LogP contribution >= 0.6 is 11.8 Å². The fraction of sp³-hybridized carbons (Fsp3) is 0.385. The second kappa shape index (κ2) is 5.44. The largest absolute Gasteiger partial charge is 0.480 e. The highest BCUT2D eigenvalue weighted by Crippen LogP contribution is 2.29. The molecule has 0 aliphatic carbocycles. The lowest BCUT2D eigenvalue weighted by Gasteiger charge is -2.19. The van der Waals surface area contributed by atoms with E-state index in [0.717, 1.165) is 11.1 Å². The summed E-state index contributed by atoms with van der Waals surface area (Å²) in [7, 11) is 0. The topological polar surface area (TPSA) is 80.4 Å². The molecule has 0 spiro atoms. The number of carboxylic acid groups (broad SMARTS) is 1. The van der Waals surface area contributed by atoms with E-state index in [4.69, 9.17) is 10.8 Å². The minimum atomic E-state index is -0.834. The van der Waals surface area contributed by atoms with Gasteiger partial charge in [0.1, 0.15) is 4.75 Å². The number of thioether (sulfide) groups is 1. The van der Waals surface area contributed by atoms with Gasteiger partial charge in [0.05, 0.1) is 0 Å². The van der Waals surface area contributed by atoms with Crippen molar-refractivity contribution in [3.63, 3.8) is 0 Å². The van der Waals surface area contributed by atoms with Gasteiger partial charge in [0.2, 0.25) is 5.91 Å². The third kappa shape index (κ3) is 3.50. The Morgan fingerprint density at radius 3 is 2.44 bits per heavy atom. The molecule has 18 heavy (non-hydrogen) atoms. The van der Waals surface area contributed by atoms with Crippen molar-refractivity contribution < 1.29 is 14.7 Å². The summed E-state index contributed by atoms with van der Waals surface area (Å²) in [5, 5.41) is 9.02. The summed E-state index contributed by atoms with van der Waals surface area (Å²) in [5.41, 5.74) is 7.62. The molecule has 1 aromatic carbocycles. The fourth-order valence-corrected chi connectivity index (χ4v) is 2.29. The molecule has 0 unspecified atom stereocenters. The van der Waals surface area contributed by atoms with Crippen LogP contribution in [-0.4, -0.2) is 21.7 Å². The van der Waals surface area contributed by atoms with Crippen LogP contribution in [-0.2, 0) is 10.5 Å². The number of carbonyl (C=O) groups is 2. The molecule has 0 radical (unpaired) electrons. The van der Waals surface area contributed by atoms with Crippen molar-refractivity contribution in [1.29, 1.82) is 0 Å². The number of rotatable bonds is 5. The van der Waals surface area contributed by atoms with E-state index in [1.165, 1.54) is 11.8 Å². The quantitative estimate of drug-likeness (QED) is 0.857. The van der Waals surface area contributed by atoms with Crippen LogP contribution in [0.1, 0.15) is 35.3 Å². The van der Waals surface area contributed by atoms with Crippen LogP contribution in [0.2, 0.25) is 0 Å². The zero-order valence-corrected chi connectivity index (χ0v) is 11.5. The maximum atomic E-state index is 11.0. The van der Waals surface area contributed by atoms with Crippen LogP contribution in [0.15, 0.2) is 18.2 Å². The fourth-order valence-electron chi connectivity index (χ4n) is 1.33. The van der Waals surface area contributed by atoms with E-state index in [1.54, 1.807) is 26.0 Å². The van der Waals surface area contributed by atoms with Gasteiger partial charge in [0.15, 0.2) is 0 Å². The average molecular weight is 267 g/mol. The normalized spacial score (nSPS) is 11.3. The van der Waals surface area contributed by atoms with Gasteiger partial charge in [-0.1, -0.05) is 6.07 Å². The second-order valence-electron chi connectivity index (χ2n) is 4.61. The van der Waals surface area contributed by atoms with Crippen molar-refractivity contribution in [1.82, 2.24) is 0 Å². The number of primary amides is 1. The smallest absolute Gasteiger partial charge is 0.319 e. The van der Waals surface area contributed by atoms with E-state index in [2.05, 4.69) is 0 Å². The molecule has 1 rings (SSSR count). The van der Waals surface area contributed by atoms with Crippen LogP contribution in [0.25, 0.3) is 0 Å². The minimum Gasteiger partial charge on any atom is -0.480 e. The highest BCUT2D eigenvalue weighted by molar-refractivity contribution is 8.00. The van der Waals surface area contributed by atoms with E-state index in [-0.39, 0.29) is 0 Å². The van der Waals surface area contributed by atoms with Gasteiger partial charge in [0, 0.05) is 11.3 Å². The predicted molar refractivity (Wildman–Crippen MR) is 72.7 cm³/mol. The molecule has 0 saturated carbocycles. The molecule has 1 aromatic rings. The molecule has 3 N–H and O–H groups in total. The SMILES string of the molecule is Cc1cc(C(N)=O)ccc1CSC(C)(C)C(=O)O. The Labute approximate surface area is 111 Å². The summed E-state index contributed by atoms with van der Waals surface area (Å²) in [6.07, 6.45) is 0. The lowest BCUT2D eigenvalue weighted by atomic mass is 10.1. The zero-order valence-electron chi connectivity index (χ0n) is 10.7. The molecular weight excluding hydrogens is 250 g/mol. The van der Waals surface area contributed by atoms with E-state index in [9.17, 15) is 9.59 Å². The summed E-state index contributed by atoms with van der Waals surface area (Å²) in [4.78, 5) is 22.0. The lowest BCUT2D eigenvalue weighted by Crippen LogP contribution is -2.27. The van der Waals surface area contributed by atoms with Gasteiger partial charge in [-0.25, -0.2) is 0 Å². The highest BCUT2D eigenvalue weighted by atomic mass is 32.2. The Morgan fingerprint density at radius 2 is 2.00 bits per heavy atom. The van der Waals surface area contributed by atoms with Crippen molar-refractivity contribution in [2.75, 3.05) is 0 Å². The molecule has 4 nitrogen and oxygen atoms in total. The van der Waals surface area contributed by atoms with Crippen LogP contribution in [0.5, 0.6) is 0 Å². The number of hydrogen-bond acceptors (Lipinski definition) is 3. The predicted octanol–water partition coefficient (Wildman–Crippen LogP) is 2.19. The Kier molecular flexibility index (Phi) is 4.40. The van der Waals surface area contributed by atoms with Crippen molar-refractivity contribution in [3.8, 4) is 0 Å². The molecule has 0 aliphatic heterocycles. The Balaban J connectivity index is 2.81. The number of aliphatic carboxylic acids is 1. The monoisotopic (exact) mass is 267 g/mol. The number of carboxylic acids is 1. The molecular formula is C13H17NO3S. The average Bonchev–Trinajstić information content (AvgIpc) is 2.26. The number of benzene rings is 1. The van der Waals surface area contributed by atoms with Gasteiger partial charge < -0.3 is 10.8 Å². The van der Waals surface area contributed by atoms with Crippen molar-refractivity contribution in [3.05, 3.63) is 34.9 Å². The van der Waals surface area contributed by atoms with E-state index >= 15 is 0 Å².